The second-order valence-electron chi connectivity index (χ2n) is 7.86. The number of benzene rings is 2. The van der Waals surface area contributed by atoms with Crippen molar-refractivity contribution in [3.8, 4) is 11.5 Å². The first-order valence-electron chi connectivity index (χ1n) is 10.9. The monoisotopic (exact) mass is 423 g/mol. The van der Waals surface area contributed by atoms with Gasteiger partial charge in [-0.1, -0.05) is 43.7 Å². The van der Waals surface area contributed by atoms with Crippen LogP contribution in [-0.2, 0) is 13.0 Å². The van der Waals surface area contributed by atoms with E-state index in [1.807, 2.05) is 42.5 Å². The quantitative estimate of drug-likeness (QED) is 0.361. The fourth-order valence-electron chi connectivity index (χ4n) is 3.99. The first-order chi connectivity index (χ1) is 15.7. The molecule has 6 heteroatoms. The summed E-state index contributed by atoms with van der Waals surface area (Å²) < 4.78 is 8.20. The Morgan fingerprint density at radius 2 is 1.66 bits per heavy atom. The van der Waals surface area contributed by atoms with Gasteiger partial charge in [0.15, 0.2) is 5.82 Å². The highest BCUT2D eigenvalue weighted by Crippen LogP contribution is 2.30. The summed E-state index contributed by atoms with van der Waals surface area (Å²) in [5.74, 6) is 3.09. The van der Waals surface area contributed by atoms with Gasteiger partial charge in [0.25, 0.3) is 0 Å². The van der Waals surface area contributed by atoms with Crippen LogP contribution < -0.4 is 10.5 Å². The maximum atomic E-state index is 6.31. The Bertz CT molecular complexity index is 1360. The average molecular weight is 424 g/mol. The van der Waals surface area contributed by atoms with Crippen LogP contribution in [0.15, 0.2) is 73.1 Å². The summed E-state index contributed by atoms with van der Waals surface area (Å²) >= 11 is 0. The van der Waals surface area contributed by atoms with Crippen molar-refractivity contribution in [1.29, 1.82) is 0 Å². The number of aryl methyl sites for hydroxylation is 1. The lowest BCUT2D eigenvalue weighted by Gasteiger charge is -2.12. The lowest BCUT2D eigenvalue weighted by molar-refractivity contribution is 0.481. The highest BCUT2D eigenvalue weighted by atomic mass is 16.5. The molecule has 160 valence electrons. The van der Waals surface area contributed by atoms with E-state index in [0.29, 0.717) is 12.4 Å². The molecule has 0 amide bonds. The highest BCUT2D eigenvalue weighted by molar-refractivity contribution is 6.06. The molecule has 0 atom stereocenters. The lowest BCUT2D eigenvalue weighted by Crippen LogP contribution is -2.06. The summed E-state index contributed by atoms with van der Waals surface area (Å²) in [6.45, 7) is 2.90. The smallest absolute Gasteiger partial charge is 0.152 e. The number of nitrogen functional groups attached to an aromatic ring is 1. The highest BCUT2D eigenvalue weighted by Gasteiger charge is 2.17. The fraction of sp³-hybridized carbons (Fsp3) is 0.192. The van der Waals surface area contributed by atoms with E-state index in [1.54, 1.807) is 12.4 Å². The van der Waals surface area contributed by atoms with Crippen LogP contribution in [0.4, 0.5) is 5.82 Å². The van der Waals surface area contributed by atoms with Gasteiger partial charge >= 0.3 is 0 Å². The van der Waals surface area contributed by atoms with Gasteiger partial charge in [0.05, 0.1) is 11.0 Å². The molecule has 32 heavy (non-hydrogen) atoms. The predicted molar refractivity (Wildman–Crippen MR) is 128 cm³/mol. The first kappa shape index (κ1) is 20.0. The van der Waals surface area contributed by atoms with Gasteiger partial charge in [0.1, 0.15) is 22.8 Å². The van der Waals surface area contributed by atoms with Crippen LogP contribution in [0, 0.1) is 0 Å². The van der Waals surface area contributed by atoms with Crippen molar-refractivity contribution < 1.29 is 4.74 Å². The number of imidazole rings is 1. The van der Waals surface area contributed by atoms with Crippen molar-refractivity contribution in [3.63, 3.8) is 0 Å². The number of aromatic nitrogens is 4. The molecule has 2 N–H and O–H groups in total. The van der Waals surface area contributed by atoms with Gasteiger partial charge < -0.3 is 15.0 Å². The van der Waals surface area contributed by atoms with Crippen molar-refractivity contribution >= 4 is 27.8 Å². The van der Waals surface area contributed by atoms with Crippen molar-refractivity contribution in [3.05, 3.63) is 84.4 Å². The van der Waals surface area contributed by atoms with Gasteiger partial charge in [-0.25, -0.2) is 9.97 Å². The van der Waals surface area contributed by atoms with Crippen LogP contribution in [-0.4, -0.2) is 19.5 Å². The van der Waals surface area contributed by atoms with E-state index in [0.717, 1.165) is 58.5 Å². The van der Waals surface area contributed by atoms with E-state index in [-0.39, 0.29) is 0 Å². The number of hydrogen-bond acceptors (Lipinski definition) is 5. The van der Waals surface area contributed by atoms with E-state index in [1.165, 1.54) is 5.56 Å². The molecular weight excluding hydrogens is 398 g/mol. The number of hydrogen-bond donors (Lipinski definition) is 1. The van der Waals surface area contributed by atoms with Crippen LogP contribution in [0.1, 0.15) is 31.2 Å². The minimum absolute atomic E-state index is 0.483. The summed E-state index contributed by atoms with van der Waals surface area (Å²) in [5, 5.41) is 1.07. The van der Waals surface area contributed by atoms with E-state index < -0.39 is 0 Å². The molecule has 0 aliphatic carbocycles. The van der Waals surface area contributed by atoms with Gasteiger partial charge in [-0.2, -0.15) is 0 Å². The average Bonchev–Trinajstić information content (AvgIpc) is 3.19. The lowest BCUT2D eigenvalue weighted by atomic mass is 10.1. The number of unbranched alkanes of at least 4 members (excludes halogenated alkanes) is 1. The predicted octanol–water partition coefficient (Wildman–Crippen LogP) is 5.74. The number of pyridine rings is 2. The van der Waals surface area contributed by atoms with Crippen LogP contribution >= 0.6 is 0 Å². The topological polar surface area (TPSA) is 78.8 Å². The molecule has 0 fully saturated rings. The molecule has 0 radical (unpaired) electrons. The van der Waals surface area contributed by atoms with Gasteiger partial charge in [-0.15, -0.1) is 0 Å². The standard InChI is InChI=1S/C26H25N5O/c1-2-3-8-23-30-24-25(21-6-4-5-7-22(21)29-26(24)27)31(23)17-18-9-11-19(12-10-18)32-20-13-15-28-16-14-20/h4-7,9-16H,2-3,8,17H2,1H3,(H2,27,29). The zero-order chi connectivity index (χ0) is 21.9. The Morgan fingerprint density at radius 3 is 2.44 bits per heavy atom. The SMILES string of the molecule is CCCCc1nc2c(N)nc3ccccc3c2n1Cc1ccc(Oc2ccncc2)cc1. The zero-order valence-electron chi connectivity index (χ0n) is 18.0. The normalized spacial score (nSPS) is 11.3. The molecule has 2 aromatic carbocycles. The van der Waals surface area contributed by atoms with E-state index in [9.17, 15) is 0 Å². The van der Waals surface area contributed by atoms with Crippen molar-refractivity contribution in [1.82, 2.24) is 19.5 Å². The van der Waals surface area contributed by atoms with Crippen molar-refractivity contribution in [2.75, 3.05) is 5.73 Å². The molecule has 3 heterocycles. The molecule has 0 saturated heterocycles. The van der Waals surface area contributed by atoms with E-state index >= 15 is 0 Å². The minimum atomic E-state index is 0.483. The molecule has 0 bridgehead atoms. The Kier molecular flexibility index (Phi) is 5.42. The van der Waals surface area contributed by atoms with Gasteiger partial charge in [0.2, 0.25) is 0 Å². The fourth-order valence-corrected chi connectivity index (χ4v) is 3.99. The number of fused-ring (bicyclic) bond motifs is 3. The molecule has 0 saturated carbocycles. The molecule has 5 rings (SSSR count). The van der Waals surface area contributed by atoms with E-state index in [2.05, 4.69) is 39.7 Å². The minimum Gasteiger partial charge on any atom is -0.457 e. The summed E-state index contributed by atoms with van der Waals surface area (Å²) in [4.78, 5) is 13.5. The Morgan fingerprint density at radius 1 is 0.906 bits per heavy atom. The van der Waals surface area contributed by atoms with Crippen LogP contribution in [0.3, 0.4) is 0 Å². The van der Waals surface area contributed by atoms with Crippen LogP contribution in [0.5, 0.6) is 11.5 Å². The maximum Gasteiger partial charge on any atom is 0.152 e. The third-order valence-electron chi connectivity index (χ3n) is 5.59. The summed E-state index contributed by atoms with van der Waals surface area (Å²) in [7, 11) is 0. The number of nitrogens with two attached hydrogens (primary N) is 1. The third kappa shape index (κ3) is 3.87. The summed E-state index contributed by atoms with van der Waals surface area (Å²) in [6, 6.07) is 20.0. The van der Waals surface area contributed by atoms with Crippen LogP contribution in [0.25, 0.3) is 21.9 Å². The first-order valence-corrected chi connectivity index (χ1v) is 10.9. The number of ether oxygens (including phenoxy) is 1. The second-order valence-corrected chi connectivity index (χ2v) is 7.86. The number of anilines is 1. The van der Waals surface area contributed by atoms with Gasteiger partial charge in [0, 0.05) is 30.7 Å². The number of nitrogens with zero attached hydrogens (tertiary/aromatic N) is 4. The molecular formula is C26H25N5O. The zero-order valence-corrected chi connectivity index (χ0v) is 18.0. The number of para-hydroxylation sites is 1. The Labute approximate surface area is 186 Å². The van der Waals surface area contributed by atoms with Gasteiger partial charge in [-0.05, 0) is 42.3 Å². The number of rotatable bonds is 7. The molecule has 5 aromatic rings. The maximum absolute atomic E-state index is 6.31. The molecule has 0 aliphatic rings. The van der Waals surface area contributed by atoms with Crippen LogP contribution in [0.2, 0.25) is 0 Å². The Hall–Kier alpha value is -3.93. The summed E-state index contributed by atoms with van der Waals surface area (Å²) in [6.07, 6.45) is 6.53. The largest absolute Gasteiger partial charge is 0.457 e. The van der Waals surface area contributed by atoms with Gasteiger partial charge in [-0.3, -0.25) is 4.98 Å². The Balaban J connectivity index is 1.54. The second kappa shape index (κ2) is 8.67. The van der Waals surface area contributed by atoms with Crippen molar-refractivity contribution in [2.45, 2.75) is 32.7 Å². The summed E-state index contributed by atoms with van der Waals surface area (Å²) in [5.41, 5.74) is 10.2. The molecule has 0 aliphatic heterocycles. The third-order valence-corrected chi connectivity index (χ3v) is 5.59. The molecule has 0 spiro atoms. The molecule has 0 unspecified atom stereocenters. The van der Waals surface area contributed by atoms with E-state index in [4.69, 9.17) is 15.5 Å². The molecule has 6 nitrogen and oxygen atoms in total. The molecule has 3 aromatic heterocycles. The van der Waals surface area contributed by atoms with Crippen molar-refractivity contribution in [2.24, 2.45) is 0 Å².